The number of hydrogen-bond acceptors (Lipinski definition) is 3. The smallest absolute Gasteiger partial charge is 0.241 e. The molecular weight excluding hydrogens is 190 g/mol. The van der Waals surface area contributed by atoms with Crippen molar-refractivity contribution in [1.29, 1.82) is 0 Å². The fourth-order valence-corrected chi connectivity index (χ4v) is 2.13. The Morgan fingerprint density at radius 1 is 1.53 bits per heavy atom. The normalized spacial score (nSPS) is 29.7. The van der Waals surface area contributed by atoms with E-state index in [0.29, 0.717) is 18.6 Å². The van der Waals surface area contributed by atoms with Crippen LogP contribution in [-0.2, 0) is 4.79 Å². The van der Waals surface area contributed by atoms with E-state index in [1.54, 1.807) is 0 Å². The Morgan fingerprint density at radius 2 is 2.13 bits per heavy atom. The van der Waals surface area contributed by atoms with E-state index in [4.69, 9.17) is 5.73 Å². The Kier molecular flexibility index (Phi) is 4.11. The van der Waals surface area contributed by atoms with Gasteiger partial charge in [0.2, 0.25) is 5.91 Å². The summed E-state index contributed by atoms with van der Waals surface area (Å²) in [6.45, 7) is 7.69. The minimum Gasteiger partial charge on any atom is -0.342 e. The molecule has 4 nitrogen and oxygen atoms in total. The molecule has 15 heavy (non-hydrogen) atoms. The Bertz CT molecular complexity index is 230. The summed E-state index contributed by atoms with van der Waals surface area (Å²) < 4.78 is 0. The van der Waals surface area contributed by atoms with Gasteiger partial charge < -0.3 is 10.6 Å². The van der Waals surface area contributed by atoms with Gasteiger partial charge in [0.05, 0.1) is 0 Å². The van der Waals surface area contributed by atoms with Gasteiger partial charge in [-0.2, -0.15) is 0 Å². The van der Waals surface area contributed by atoms with Crippen molar-refractivity contribution in [2.24, 2.45) is 5.73 Å². The van der Waals surface area contributed by atoms with Crippen molar-refractivity contribution >= 4 is 5.91 Å². The highest BCUT2D eigenvalue weighted by atomic mass is 16.2. The molecule has 2 unspecified atom stereocenters. The van der Waals surface area contributed by atoms with Crippen LogP contribution < -0.4 is 5.73 Å². The summed E-state index contributed by atoms with van der Waals surface area (Å²) in [7, 11) is 1.87. The molecule has 4 heteroatoms. The van der Waals surface area contributed by atoms with Crippen molar-refractivity contribution in [2.75, 3.05) is 20.1 Å². The van der Waals surface area contributed by atoms with Crippen LogP contribution in [0.15, 0.2) is 0 Å². The van der Waals surface area contributed by atoms with Gasteiger partial charge in [0.15, 0.2) is 0 Å². The maximum absolute atomic E-state index is 12.1. The average molecular weight is 213 g/mol. The van der Waals surface area contributed by atoms with E-state index in [9.17, 15) is 4.79 Å². The molecule has 0 saturated carbocycles. The summed E-state index contributed by atoms with van der Waals surface area (Å²) in [6, 6.07) is 0.552. The first-order valence-electron chi connectivity index (χ1n) is 5.71. The van der Waals surface area contributed by atoms with Crippen molar-refractivity contribution in [2.45, 2.75) is 45.3 Å². The molecule has 0 aromatic heterocycles. The third-order valence-electron chi connectivity index (χ3n) is 3.39. The van der Waals surface area contributed by atoms with Gasteiger partial charge >= 0.3 is 0 Å². The predicted molar refractivity (Wildman–Crippen MR) is 61.5 cm³/mol. The van der Waals surface area contributed by atoms with E-state index in [1.807, 2.05) is 11.9 Å². The molecule has 1 saturated heterocycles. The van der Waals surface area contributed by atoms with Crippen LogP contribution in [0.1, 0.15) is 27.2 Å². The Balaban J connectivity index is 2.88. The topological polar surface area (TPSA) is 49.6 Å². The van der Waals surface area contributed by atoms with Gasteiger partial charge in [0.1, 0.15) is 6.04 Å². The molecule has 2 atom stereocenters. The molecule has 1 fully saturated rings. The first-order valence-corrected chi connectivity index (χ1v) is 5.71. The van der Waals surface area contributed by atoms with E-state index in [2.05, 4.69) is 25.7 Å². The van der Waals surface area contributed by atoms with Crippen LogP contribution in [0, 0.1) is 0 Å². The van der Waals surface area contributed by atoms with Gasteiger partial charge in [0.25, 0.3) is 0 Å². The van der Waals surface area contributed by atoms with Crippen molar-refractivity contribution in [1.82, 2.24) is 9.80 Å². The molecule has 88 valence electrons. The van der Waals surface area contributed by atoms with E-state index in [0.717, 1.165) is 13.0 Å². The molecule has 0 spiro atoms. The monoisotopic (exact) mass is 213 g/mol. The van der Waals surface area contributed by atoms with E-state index in [1.165, 1.54) is 0 Å². The summed E-state index contributed by atoms with van der Waals surface area (Å²) in [5.41, 5.74) is 5.71. The van der Waals surface area contributed by atoms with Crippen LogP contribution in [0.5, 0.6) is 0 Å². The molecule has 0 aromatic carbocycles. The zero-order valence-corrected chi connectivity index (χ0v) is 10.2. The van der Waals surface area contributed by atoms with E-state index >= 15 is 0 Å². The molecular formula is C11H23N3O. The van der Waals surface area contributed by atoms with Crippen LogP contribution >= 0.6 is 0 Å². The van der Waals surface area contributed by atoms with Crippen molar-refractivity contribution in [3.8, 4) is 0 Å². The second-order valence-electron chi connectivity index (χ2n) is 4.67. The van der Waals surface area contributed by atoms with Crippen LogP contribution in [-0.4, -0.2) is 54.0 Å². The van der Waals surface area contributed by atoms with Crippen LogP contribution in [0.2, 0.25) is 0 Å². The lowest BCUT2D eigenvalue weighted by atomic mass is 10.2. The third kappa shape index (κ3) is 2.49. The second kappa shape index (κ2) is 4.94. The maximum atomic E-state index is 12.1. The molecule has 1 rings (SSSR count). The van der Waals surface area contributed by atoms with Crippen molar-refractivity contribution < 1.29 is 4.79 Å². The summed E-state index contributed by atoms with van der Waals surface area (Å²) >= 11 is 0. The van der Waals surface area contributed by atoms with Gasteiger partial charge in [-0.15, -0.1) is 0 Å². The van der Waals surface area contributed by atoms with Crippen LogP contribution in [0.25, 0.3) is 0 Å². The SMILES string of the molecule is CC1CCN(C(C)C)C(CN)C(=O)N1C. The number of rotatable bonds is 2. The first kappa shape index (κ1) is 12.5. The molecule has 0 radical (unpaired) electrons. The number of amides is 1. The lowest BCUT2D eigenvalue weighted by Crippen LogP contribution is -2.52. The highest BCUT2D eigenvalue weighted by Crippen LogP contribution is 2.16. The molecule has 2 N–H and O–H groups in total. The van der Waals surface area contributed by atoms with Crippen LogP contribution in [0.4, 0.5) is 0 Å². The first-order chi connectivity index (χ1) is 6.99. The van der Waals surface area contributed by atoms with Crippen molar-refractivity contribution in [3.63, 3.8) is 0 Å². The molecule has 1 amide bonds. The van der Waals surface area contributed by atoms with E-state index in [-0.39, 0.29) is 11.9 Å². The number of nitrogens with zero attached hydrogens (tertiary/aromatic N) is 2. The summed E-state index contributed by atoms with van der Waals surface area (Å²) in [6.07, 6.45) is 1.02. The van der Waals surface area contributed by atoms with Gasteiger partial charge in [-0.3, -0.25) is 9.69 Å². The largest absolute Gasteiger partial charge is 0.342 e. The summed E-state index contributed by atoms with van der Waals surface area (Å²) in [5.74, 6) is 0.163. The zero-order valence-electron chi connectivity index (χ0n) is 10.2. The Morgan fingerprint density at radius 3 is 2.60 bits per heavy atom. The fraction of sp³-hybridized carbons (Fsp3) is 0.909. The lowest BCUT2D eigenvalue weighted by Gasteiger charge is -2.32. The Hall–Kier alpha value is -0.610. The molecule has 0 aromatic rings. The minimum absolute atomic E-state index is 0.139. The van der Waals surface area contributed by atoms with Gasteiger partial charge in [0, 0.05) is 32.2 Å². The summed E-state index contributed by atoms with van der Waals surface area (Å²) in [4.78, 5) is 16.1. The highest BCUT2D eigenvalue weighted by molar-refractivity contribution is 5.82. The van der Waals surface area contributed by atoms with Crippen molar-refractivity contribution in [3.05, 3.63) is 0 Å². The third-order valence-corrected chi connectivity index (χ3v) is 3.39. The molecule has 0 aliphatic carbocycles. The zero-order chi connectivity index (χ0) is 11.6. The number of carbonyl (C=O) groups is 1. The Labute approximate surface area is 92.4 Å². The maximum Gasteiger partial charge on any atom is 0.241 e. The van der Waals surface area contributed by atoms with Gasteiger partial charge in [-0.25, -0.2) is 0 Å². The van der Waals surface area contributed by atoms with Crippen LogP contribution in [0.3, 0.4) is 0 Å². The summed E-state index contributed by atoms with van der Waals surface area (Å²) in [5, 5.41) is 0. The quantitative estimate of drug-likeness (QED) is 0.716. The highest BCUT2D eigenvalue weighted by Gasteiger charge is 2.33. The van der Waals surface area contributed by atoms with Gasteiger partial charge in [-0.1, -0.05) is 0 Å². The second-order valence-corrected chi connectivity index (χ2v) is 4.67. The average Bonchev–Trinajstić information content (AvgIpc) is 2.29. The number of nitrogens with two attached hydrogens (primary N) is 1. The number of hydrogen-bond donors (Lipinski definition) is 1. The number of carbonyl (C=O) groups excluding carboxylic acids is 1. The van der Waals surface area contributed by atoms with Gasteiger partial charge in [-0.05, 0) is 27.2 Å². The lowest BCUT2D eigenvalue weighted by molar-refractivity contribution is -0.135. The molecule has 1 aliphatic heterocycles. The standard InChI is InChI=1S/C11H23N3O/c1-8(2)14-6-5-9(3)13(4)11(15)10(14)7-12/h8-10H,5-7,12H2,1-4H3. The minimum atomic E-state index is -0.139. The molecule has 1 heterocycles. The molecule has 0 bridgehead atoms. The predicted octanol–water partition coefficient (Wildman–Crippen LogP) is 0.275. The fourth-order valence-electron chi connectivity index (χ4n) is 2.13. The molecule has 1 aliphatic rings. The number of likely N-dealkylation sites (N-methyl/N-ethyl adjacent to an activating group) is 1. The van der Waals surface area contributed by atoms with E-state index < -0.39 is 0 Å².